The number of rotatable bonds is 13. The van der Waals surface area contributed by atoms with Gasteiger partial charge >= 0.3 is 0 Å². The molecular weight excluding hydrogens is 536 g/mol. The fourth-order valence-corrected chi connectivity index (χ4v) is 4.37. The van der Waals surface area contributed by atoms with Gasteiger partial charge in [-0.25, -0.2) is 0 Å². The average molecular weight is 571 g/mol. The highest BCUT2D eigenvalue weighted by atomic mass is 16.5. The van der Waals surface area contributed by atoms with Crippen LogP contribution in [0.2, 0.25) is 0 Å². The maximum atomic E-state index is 13.0. The zero-order chi connectivity index (χ0) is 30.1. The number of hydrogen-bond donors (Lipinski definition) is 4. The van der Waals surface area contributed by atoms with Crippen molar-refractivity contribution in [1.29, 1.82) is 0 Å². The Morgan fingerprint density at radius 3 is 2.29 bits per heavy atom. The number of amides is 7. The van der Waals surface area contributed by atoms with Crippen LogP contribution in [0.15, 0.2) is 36.4 Å². The molecule has 7 amide bonds. The lowest BCUT2D eigenvalue weighted by Gasteiger charge is -2.27. The van der Waals surface area contributed by atoms with Crippen molar-refractivity contribution in [2.45, 2.75) is 57.8 Å². The van der Waals surface area contributed by atoms with Crippen LogP contribution in [-0.2, 0) is 44.9 Å². The molecule has 3 rings (SSSR count). The maximum absolute atomic E-state index is 13.0. The van der Waals surface area contributed by atoms with Gasteiger partial charge in [-0.15, -0.1) is 0 Å². The standard InChI is InChI=1S/C27H34N6O8/c1-3-41-15-17-6-8-18(9-7-17)30-26(39)19(13-21(28)34)31-25(38)16(2)29-27(40)20-5-4-12-32(20)24(37)14-33-22(35)10-11-23(33)36/h6-11,16,19-20H,3-5,12-15H2,1-2H3,(H2,28,34)(H,29,40)(H,30,39)(H,31,38)/t16-,19-,20-/m0/s1. The van der Waals surface area contributed by atoms with Crippen molar-refractivity contribution in [1.82, 2.24) is 20.4 Å². The van der Waals surface area contributed by atoms with Crippen molar-refractivity contribution >= 4 is 47.0 Å². The molecule has 1 aromatic carbocycles. The molecule has 0 spiro atoms. The number of primary amides is 1. The number of hydrogen-bond acceptors (Lipinski definition) is 8. The molecule has 2 aliphatic heterocycles. The van der Waals surface area contributed by atoms with Crippen LogP contribution in [0.3, 0.4) is 0 Å². The molecule has 14 heteroatoms. The summed E-state index contributed by atoms with van der Waals surface area (Å²) in [6, 6.07) is 3.48. The summed E-state index contributed by atoms with van der Waals surface area (Å²) in [5.74, 6) is -4.65. The fraction of sp³-hybridized carbons (Fsp3) is 0.444. The predicted octanol–water partition coefficient (Wildman–Crippen LogP) is -1.06. The highest BCUT2D eigenvalue weighted by Crippen LogP contribution is 2.19. The maximum Gasteiger partial charge on any atom is 0.254 e. The summed E-state index contributed by atoms with van der Waals surface area (Å²) < 4.78 is 5.34. The Morgan fingerprint density at radius 1 is 1.02 bits per heavy atom. The van der Waals surface area contributed by atoms with Gasteiger partial charge in [0.25, 0.3) is 11.8 Å². The Balaban J connectivity index is 1.57. The third-order valence-electron chi connectivity index (χ3n) is 6.55. The van der Waals surface area contributed by atoms with E-state index >= 15 is 0 Å². The largest absolute Gasteiger partial charge is 0.377 e. The Kier molecular flexibility index (Phi) is 10.7. The zero-order valence-corrected chi connectivity index (χ0v) is 22.9. The lowest BCUT2D eigenvalue weighted by atomic mass is 10.1. The first-order chi connectivity index (χ1) is 19.5. The van der Waals surface area contributed by atoms with Gasteiger partial charge in [-0.3, -0.25) is 38.5 Å². The van der Waals surface area contributed by atoms with E-state index in [1.54, 1.807) is 24.3 Å². The van der Waals surface area contributed by atoms with E-state index in [4.69, 9.17) is 10.5 Å². The fourth-order valence-electron chi connectivity index (χ4n) is 4.37. The van der Waals surface area contributed by atoms with E-state index in [0.717, 1.165) is 22.6 Å². The summed E-state index contributed by atoms with van der Waals surface area (Å²) in [4.78, 5) is 88.7. The normalized spacial score (nSPS) is 17.8. The highest BCUT2D eigenvalue weighted by Gasteiger charge is 2.37. The van der Waals surface area contributed by atoms with E-state index in [-0.39, 0.29) is 6.54 Å². The van der Waals surface area contributed by atoms with Crippen LogP contribution >= 0.6 is 0 Å². The molecule has 1 fully saturated rings. The van der Waals surface area contributed by atoms with Crippen molar-refractivity contribution in [3.05, 3.63) is 42.0 Å². The number of carbonyl (C=O) groups excluding carboxylic acids is 7. The molecule has 2 heterocycles. The predicted molar refractivity (Wildman–Crippen MR) is 144 cm³/mol. The average Bonchev–Trinajstić information content (AvgIpc) is 3.55. The number of likely N-dealkylation sites (tertiary alicyclic amines) is 1. The first kappa shape index (κ1) is 30.9. The van der Waals surface area contributed by atoms with E-state index in [1.807, 2.05) is 6.92 Å². The number of anilines is 1. The van der Waals surface area contributed by atoms with Crippen molar-refractivity contribution < 1.29 is 38.3 Å². The number of carbonyl (C=O) groups is 7. The quantitative estimate of drug-likeness (QED) is 0.215. The smallest absolute Gasteiger partial charge is 0.254 e. The van der Waals surface area contributed by atoms with Gasteiger partial charge in [-0.1, -0.05) is 12.1 Å². The zero-order valence-electron chi connectivity index (χ0n) is 22.9. The summed E-state index contributed by atoms with van der Waals surface area (Å²) in [7, 11) is 0. The number of nitrogens with two attached hydrogens (primary N) is 1. The monoisotopic (exact) mass is 570 g/mol. The Morgan fingerprint density at radius 2 is 1.68 bits per heavy atom. The van der Waals surface area contributed by atoms with E-state index in [9.17, 15) is 33.6 Å². The van der Waals surface area contributed by atoms with Gasteiger partial charge in [0.1, 0.15) is 24.7 Å². The van der Waals surface area contributed by atoms with Crippen molar-refractivity contribution in [3.63, 3.8) is 0 Å². The first-order valence-electron chi connectivity index (χ1n) is 13.2. The number of nitrogens with one attached hydrogen (secondary N) is 3. The SMILES string of the molecule is CCOCc1ccc(NC(=O)[C@H](CC(N)=O)NC(=O)[C@H](C)NC(=O)[C@@H]2CCCN2C(=O)CN2C(=O)C=CC2=O)cc1. The molecule has 0 saturated carbocycles. The Bertz CT molecular complexity index is 1210. The summed E-state index contributed by atoms with van der Waals surface area (Å²) >= 11 is 0. The van der Waals surface area contributed by atoms with Gasteiger partial charge in [-0.2, -0.15) is 0 Å². The molecule has 1 saturated heterocycles. The summed E-state index contributed by atoms with van der Waals surface area (Å²) in [6.07, 6.45) is 2.49. The molecule has 1 aromatic rings. The number of benzene rings is 1. The van der Waals surface area contributed by atoms with E-state index in [2.05, 4.69) is 16.0 Å². The molecule has 5 N–H and O–H groups in total. The summed E-state index contributed by atoms with van der Waals surface area (Å²) in [5.41, 5.74) is 6.61. The number of imide groups is 1. The molecule has 220 valence electrons. The van der Waals surface area contributed by atoms with E-state index in [0.29, 0.717) is 31.7 Å². The van der Waals surface area contributed by atoms with Crippen LogP contribution in [0, 0.1) is 0 Å². The van der Waals surface area contributed by atoms with Crippen LogP contribution in [0.25, 0.3) is 0 Å². The second-order valence-electron chi connectivity index (χ2n) is 9.63. The second kappa shape index (κ2) is 14.2. The summed E-state index contributed by atoms with van der Waals surface area (Å²) in [6.45, 7) is 3.98. The molecule has 2 aliphatic rings. The van der Waals surface area contributed by atoms with Gasteiger partial charge < -0.3 is 31.3 Å². The molecule has 0 aromatic heterocycles. The summed E-state index contributed by atoms with van der Waals surface area (Å²) in [5, 5.41) is 7.59. The van der Waals surface area contributed by atoms with Crippen LogP contribution in [0.5, 0.6) is 0 Å². The number of nitrogens with zero attached hydrogens (tertiary/aromatic N) is 2. The minimum atomic E-state index is -1.31. The lowest BCUT2D eigenvalue weighted by molar-refractivity contribution is -0.146. The van der Waals surface area contributed by atoms with Crippen LogP contribution < -0.4 is 21.7 Å². The van der Waals surface area contributed by atoms with Crippen molar-refractivity contribution in [3.8, 4) is 0 Å². The Labute approximate surface area is 236 Å². The molecule has 14 nitrogen and oxygen atoms in total. The topological polar surface area (TPSA) is 197 Å². The van der Waals surface area contributed by atoms with Crippen LogP contribution in [0.1, 0.15) is 38.7 Å². The molecule has 41 heavy (non-hydrogen) atoms. The second-order valence-corrected chi connectivity index (χ2v) is 9.63. The van der Waals surface area contributed by atoms with Gasteiger partial charge in [-0.05, 0) is 44.4 Å². The molecule has 0 bridgehead atoms. The third-order valence-corrected chi connectivity index (χ3v) is 6.55. The van der Waals surface area contributed by atoms with Gasteiger partial charge in [0.05, 0.1) is 13.0 Å². The van der Waals surface area contributed by atoms with Crippen molar-refractivity contribution in [2.24, 2.45) is 5.73 Å². The molecular formula is C27H34N6O8. The van der Waals surface area contributed by atoms with Crippen LogP contribution in [0.4, 0.5) is 5.69 Å². The van der Waals surface area contributed by atoms with Gasteiger partial charge in [0.2, 0.25) is 29.5 Å². The lowest BCUT2D eigenvalue weighted by Crippen LogP contribution is -2.56. The molecule has 0 aliphatic carbocycles. The van der Waals surface area contributed by atoms with Crippen molar-refractivity contribution in [2.75, 3.05) is 25.0 Å². The van der Waals surface area contributed by atoms with Crippen LogP contribution in [-0.4, -0.2) is 89.0 Å². The molecule has 0 unspecified atom stereocenters. The van der Waals surface area contributed by atoms with Gasteiger partial charge in [0, 0.05) is 31.0 Å². The Hall–Kier alpha value is -4.59. The van der Waals surface area contributed by atoms with Gasteiger partial charge in [0.15, 0.2) is 0 Å². The third kappa shape index (κ3) is 8.45. The first-order valence-corrected chi connectivity index (χ1v) is 13.2. The number of ether oxygens (including phenoxy) is 1. The van der Waals surface area contributed by atoms with E-state index < -0.39 is 72.4 Å². The minimum Gasteiger partial charge on any atom is -0.377 e. The van der Waals surface area contributed by atoms with E-state index in [1.165, 1.54) is 11.8 Å². The highest BCUT2D eigenvalue weighted by molar-refractivity contribution is 6.14. The minimum absolute atomic E-state index is 0.245. The molecule has 3 atom stereocenters. The molecule has 0 radical (unpaired) electrons.